The third kappa shape index (κ3) is 7.03. The van der Waals surface area contributed by atoms with Crippen molar-refractivity contribution in [1.29, 1.82) is 0 Å². The molecule has 1 amide bonds. The number of nitrogens with one attached hydrogen (secondary N) is 2. The first kappa shape index (κ1) is 24.3. The fourth-order valence-corrected chi connectivity index (χ4v) is 3.20. The molecule has 0 radical (unpaired) electrons. The summed E-state index contributed by atoms with van der Waals surface area (Å²) in [4.78, 5) is 23.1. The van der Waals surface area contributed by atoms with Gasteiger partial charge in [-0.25, -0.2) is 0 Å². The van der Waals surface area contributed by atoms with Crippen molar-refractivity contribution in [2.45, 2.75) is 47.5 Å². The zero-order valence-electron chi connectivity index (χ0n) is 18.6. The van der Waals surface area contributed by atoms with Gasteiger partial charge in [-0.15, -0.1) is 0 Å². The Morgan fingerprint density at radius 1 is 1.13 bits per heavy atom. The monoisotopic (exact) mass is 443 g/mol. The van der Waals surface area contributed by atoms with E-state index < -0.39 is 10.3 Å². The van der Waals surface area contributed by atoms with Gasteiger partial charge < -0.3 is 15.4 Å². The highest BCUT2D eigenvalue weighted by atomic mass is 32.1. The highest BCUT2D eigenvalue weighted by molar-refractivity contribution is 7.80. The molecule has 7 nitrogen and oxygen atoms in total. The number of hydrogen-bond acceptors (Lipinski definition) is 5. The van der Waals surface area contributed by atoms with Crippen molar-refractivity contribution in [2.24, 2.45) is 5.41 Å². The molecule has 0 aromatic heterocycles. The summed E-state index contributed by atoms with van der Waals surface area (Å²) in [6.07, 6.45) is 1.35. The number of carbonyl (C=O) groups is 1. The summed E-state index contributed by atoms with van der Waals surface area (Å²) in [7, 11) is 0. The van der Waals surface area contributed by atoms with Crippen LogP contribution in [0.1, 0.15) is 43.4 Å². The lowest BCUT2D eigenvalue weighted by atomic mass is 9.87. The number of anilines is 1. The number of nitro groups is 1. The fourth-order valence-electron chi connectivity index (χ4n) is 3.00. The first-order chi connectivity index (χ1) is 14.5. The summed E-state index contributed by atoms with van der Waals surface area (Å²) in [5.74, 6) is 0.669. The molecule has 0 fully saturated rings. The molecule has 0 unspecified atom stereocenters. The van der Waals surface area contributed by atoms with Crippen LogP contribution < -0.4 is 15.4 Å². The normalized spacial score (nSPS) is 11.0. The molecular formula is C23H29N3O4S. The van der Waals surface area contributed by atoms with Gasteiger partial charge in [-0.3, -0.25) is 14.9 Å². The van der Waals surface area contributed by atoms with E-state index in [-0.39, 0.29) is 16.7 Å². The molecule has 2 N–H and O–H groups in total. The van der Waals surface area contributed by atoms with Crippen molar-refractivity contribution in [3.8, 4) is 5.75 Å². The van der Waals surface area contributed by atoms with Crippen molar-refractivity contribution in [3.63, 3.8) is 0 Å². The smallest absolute Gasteiger partial charge is 0.269 e. The topological polar surface area (TPSA) is 93.5 Å². The molecule has 2 aromatic carbocycles. The number of amides is 1. The van der Waals surface area contributed by atoms with Gasteiger partial charge in [-0.1, -0.05) is 26.0 Å². The molecular weight excluding hydrogens is 414 g/mol. The average molecular weight is 444 g/mol. The van der Waals surface area contributed by atoms with Gasteiger partial charge in [0.15, 0.2) is 5.11 Å². The van der Waals surface area contributed by atoms with Gasteiger partial charge in [0.05, 0.1) is 11.5 Å². The number of nitro benzene ring substituents is 1. The van der Waals surface area contributed by atoms with Gasteiger partial charge in [-0.2, -0.15) is 0 Å². The zero-order chi connectivity index (χ0) is 23.2. The van der Waals surface area contributed by atoms with Crippen molar-refractivity contribution in [3.05, 3.63) is 63.2 Å². The Bertz CT molecular complexity index is 989. The molecule has 166 valence electrons. The molecule has 0 aliphatic rings. The second kappa shape index (κ2) is 10.3. The fraction of sp³-hybridized carbons (Fsp3) is 0.391. The summed E-state index contributed by atoms with van der Waals surface area (Å²) < 4.78 is 5.87. The van der Waals surface area contributed by atoms with Gasteiger partial charge in [-0.05, 0) is 74.7 Å². The summed E-state index contributed by atoms with van der Waals surface area (Å²) >= 11 is 5.25. The van der Waals surface area contributed by atoms with Gasteiger partial charge in [0, 0.05) is 23.2 Å². The van der Waals surface area contributed by atoms with Crippen LogP contribution in [0, 0.1) is 36.3 Å². The van der Waals surface area contributed by atoms with E-state index in [1.54, 1.807) is 13.0 Å². The molecule has 0 spiro atoms. The number of rotatable bonds is 8. The van der Waals surface area contributed by atoms with E-state index in [1.807, 2.05) is 45.9 Å². The molecule has 2 aromatic rings. The molecule has 0 saturated carbocycles. The number of thiocarbonyl (C=S) groups is 1. The molecule has 0 aliphatic heterocycles. The summed E-state index contributed by atoms with van der Waals surface area (Å²) in [5.41, 5.74) is 2.86. The van der Waals surface area contributed by atoms with E-state index in [9.17, 15) is 14.9 Å². The Labute approximate surface area is 188 Å². The van der Waals surface area contributed by atoms with Crippen LogP contribution in [-0.2, 0) is 4.79 Å². The van der Waals surface area contributed by atoms with Gasteiger partial charge in [0.1, 0.15) is 5.75 Å². The second-order valence-corrected chi connectivity index (χ2v) is 8.68. The molecule has 0 saturated heterocycles. The highest BCUT2D eigenvalue weighted by Gasteiger charge is 2.28. The van der Waals surface area contributed by atoms with E-state index in [0.717, 1.165) is 23.3 Å². The van der Waals surface area contributed by atoms with Gasteiger partial charge in [0.2, 0.25) is 5.91 Å². The van der Waals surface area contributed by atoms with Crippen LogP contribution in [0.25, 0.3) is 0 Å². The maximum atomic E-state index is 12.7. The summed E-state index contributed by atoms with van der Waals surface area (Å²) in [6.45, 7) is 10.0. The van der Waals surface area contributed by atoms with Crippen LogP contribution in [0.15, 0.2) is 36.4 Å². The summed E-state index contributed by atoms with van der Waals surface area (Å²) in [5, 5.41) is 16.7. The molecule has 0 bridgehead atoms. The minimum atomic E-state index is -0.638. The van der Waals surface area contributed by atoms with Crippen LogP contribution in [0.5, 0.6) is 5.75 Å². The van der Waals surface area contributed by atoms with E-state index in [2.05, 4.69) is 10.6 Å². The maximum Gasteiger partial charge on any atom is 0.269 e. The van der Waals surface area contributed by atoms with E-state index in [1.165, 1.54) is 12.1 Å². The standard InChI is InChI=1S/C23H29N3O4S/c1-15-7-8-16(2)20(13-15)30-12-6-11-23(4,5)21(27)25-22(31)24-19-10-9-18(26(28)29)14-17(19)3/h7-10,13-14H,6,11-12H2,1-5H3,(H2,24,25,27,31). The van der Waals surface area contributed by atoms with Crippen LogP contribution in [0.3, 0.4) is 0 Å². The van der Waals surface area contributed by atoms with Crippen molar-refractivity contribution >= 4 is 34.6 Å². The van der Waals surface area contributed by atoms with Crippen LogP contribution >= 0.6 is 12.2 Å². The number of hydrogen-bond donors (Lipinski definition) is 2. The Hall–Kier alpha value is -3.00. The number of ether oxygens (including phenoxy) is 1. The lowest BCUT2D eigenvalue weighted by Crippen LogP contribution is -2.42. The number of nitrogens with zero attached hydrogens (tertiary/aromatic N) is 1. The first-order valence-corrected chi connectivity index (χ1v) is 10.5. The predicted octanol–water partition coefficient (Wildman–Crippen LogP) is 5.22. The van der Waals surface area contributed by atoms with Crippen LogP contribution in [-0.4, -0.2) is 22.5 Å². The number of carbonyl (C=O) groups excluding carboxylic acids is 1. The molecule has 31 heavy (non-hydrogen) atoms. The molecule has 8 heteroatoms. The molecule has 2 rings (SSSR count). The highest BCUT2D eigenvalue weighted by Crippen LogP contribution is 2.25. The predicted molar refractivity (Wildman–Crippen MR) is 127 cm³/mol. The molecule has 0 atom stereocenters. The van der Waals surface area contributed by atoms with E-state index in [0.29, 0.717) is 24.3 Å². The third-order valence-electron chi connectivity index (χ3n) is 5.06. The minimum absolute atomic E-state index is 0.00205. The summed E-state index contributed by atoms with van der Waals surface area (Å²) in [6, 6.07) is 10.5. The zero-order valence-corrected chi connectivity index (χ0v) is 19.4. The Kier molecular flexibility index (Phi) is 8.10. The number of aryl methyl sites for hydroxylation is 3. The maximum absolute atomic E-state index is 12.7. The second-order valence-electron chi connectivity index (χ2n) is 8.27. The van der Waals surface area contributed by atoms with Gasteiger partial charge in [0.25, 0.3) is 5.69 Å². The Morgan fingerprint density at radius 2 is 1.84 bits per heavy atom. The molecule has 0 aliphatic carbocycles. The van der Waals surface area contributed by atoms with Crippen molar-refractivity contribution < 1.29 is 14.5 Å². The largest absolute Gasteiger partial charge is 0.493 e. The van der Waals surface area contributed by atoms with Crippen molar-refractivity contribution in [1.82, 2.24) is 5.32 Å². The lowest BCUT2D eigenvalue weighted by Gasteiger charge is -2.24. The Morgan fingerprint density at radius 3 is 2.48 bits per heavy atom. The Balaban J connectivity index is 1.85. The minimum Gasteiger partial charge on any atom is -0.493 e. The molecule has 0 heterocycles. The van der Waals surface area contributed by atoms with E-state index in [4.69, 9.17) is 17.0 Å². The van der Waals surface area contributed by atoms with Crippen LogP contribution in [0.4, 0.5) is 11.4 Å². The average Bonchev–Trinajstić information content (AvgIpc) is 2.69. The third-order valence-corrected chi connectivity index (χ3v) is 5.26. The quantitative estimate of drug-likeness (QED) is 0.251. The first-order valence-electron chi connectivity index (χ1n) is 10.1. The lowest BCUT2D eigenvalue weighted by molar-refractivity contribution is -0.384. The number of non-ortho nitro benzene ring substituents is 1. The van der Waals surface area contributed by atoms with Crippen molar-refractivity contribution in [2.75, 3.05) is 11.9 Å². The van der Waals surface area contributed by atoms with Gasteiger partial charge >= 0.3 is 0 Å². The number of benzene rings is 2. The van der Waals surface area contributed by atoms with Crippen LogP contribution in [0.2, 0.25) is 0 Å². The van der Waals surface area contributed by atoms with E-state index >= 15 is 0 Å². The SMILES string of the molecule is Cc1ccc(C)c(OCCCC(C)(C)C(=O)NC(=S)Nc2ccc([N+](=O)[O-])cc2C)c1.